The first-order chi connectivity index (χ1) is 10.3. The van der Waals surface area contributed by atoms with Gasteiger partial charge in [0.05, 0.1) is 5.52 Å². The SMILES string of the molecule is CCCN(C)c1nc(-c2ccncc2)nc2ccccc12. The molecule has 0 saturated carbocycles. The molecule has 4 nitrogen and oxygen atoms in total. The van der Waals surface area contributed by atoms with Crippen molar-refractivity contribution < 1.29 is 0 Å². The summed E-state index contributed by atoms with van der Waals surface area (Å²) >= 11 is 0. The third-order valence-electron chi connectivity index (χ3n) is 3.44. The van der Waals surface area contributed by atoms with Crippen molar-refractivity contribution in [2.24, 2.45) is 0 Å². The average molecular weight is 278 g/mol. The van der Waals surface area contributed by atoms with E-state index in [0.29, 0.717) is 0 Å². The van der Waals surface area contributed by atoms with Crippen molar-refractivity contribution in [1.29, 1.82) is 0 Å². The summed E-state index contributed by atoms with van der Waals surface area (Å²) in [6.07, 6.45) is 4.62. The first-order valence-corrected chi connectivity index (χ1v) is 7.18. The minimum absolute atomic E-state index is 0.744. The number of hydrogen-bond donors (Lipinski definition) is 0. The molecule has 0 N–H and O–H groups in total. The van der Waals surface area contributed by atoms with Gasteiger partial charge in [-0.1, -0.05) is 19.1 Å². The Morgan fingerprint density at radius 1 is 1.00 bits per heavy atom. The van der Waals surface area contributed by atoms with E-state index in [-0.39, 0.29) is 0 Å². The molecule has 0 radical (unpaired) electrons. The second-order valence-corrected chi connectivity index (χ2v) is 5.05. The Bertz CT molecular complexity index is 740. The lowest BCUT2D eigenvalue weighted by Gasteiger charge is -2.19. The largest absolute Gasteiger partial charge is 0.359 e. The molecular formula is C17H18N4. The molecule has 1 aromatic carbocycles. The number of anilines is 1. The third-order valence-corrected chi connectivity index (χ3v) is 3.44. The van der Waals surface area contributed by atoms with E-state index in [1.165, 1.54) is 0 Å². The van der Waals surface area contributed by atoms with E-state index in [0.717, 1.165) is 41.1 Å². The van der Waals surface area contributed by atoms with Crippen LogP contribution in [0.3, 0.4) is 0 Å². The second kappa shape index (κ2) is 5.87. The number of benzene rings is 1. The first kappa shape index (κ1) is 13.5. The molecule has 0 unspecified atom stereocenters. The van der Waals surface area contributed by atoms with Crippen molar-refractivity contribution in [3.8, 4) is 11.4 Å². The van der Waals surface area contributed by atoms with E-state index in [4.69, 9.17) is 4.98 Å². The van der Waals surface area contributed by atoms with Crippen LogP contribution in [-0.4, -0.2) is 28.5 Å². The Labute approximate surface area is 124 Å². The van der Waals surface area contributed by atoms with Crippen LogP contribution < -0.4 is 4.90 Å². The van der Waals surface area contributed by atoms with Gasteiger partial charge in [0.2, 0.25) is 0 Å². The van der Waals surface area contributed by atoms with E-state index in [9.17, 15) is 0 Å². The molecule has 106 valence electrons. The number of aromatic nitrogens is 3. The lowest BCUT2D eigenvalue weighted by atomic mass is 10.2. The van der Waals surface area contributed by atoms with Crippen LogP contribution in [0.15, 0.2) is 48.8 Å². The lowest BCUT2D eigenvalue weighted by molar-refractivity contribution is 0.840. The van der Waals surface area contributed by atoms with Gasteiger partial charge < -0.3 is 4.90 Å². The third kappa shape index (κ3) is 2.70. The lowest BCUT2D eigenvalue weighted by Crippen LogP contribution is -2.20. The number of hydrogen-bond acceptors (Lipinski definition) is 4. The molecule has 0 atom stereocenters. The average Bonchev–Trinajstić information content (AvgIpc) is 2.55. The van der Waals surface area contributed by atoms with Crippen LogP contribution in [0.4, 0.5) is 5.82 Å². The zero-order chi connectivity index (χ0) is 14.7. The van der Waals surface area contributed by atoms with Crippen molar-refractivity contribution >= 4 is 16.7 Å². The predicted octanol–water partition coefficient (Wildman–Crippen LogP) is 3.54. The molecule has 0 fully saturated rings. The molecule has 0 spiro atoms. The van der Waals surface area contributed by atoms with Gasteiger partial charge in [-0.3, -0.25) is 4.98 Å². The standard InChI is InChI=1S/C17H18N4/c1-3-12-21(2)17-14-6-4-5-7-15(14)19-16(20-17)13-8-10-18-11-9-13/h4-11H,3,12H2,1-2H3. The van der Waals surface area contributed by atoms with Crippen molar-refractivity contribution in [3.05, 3.63) is 48.8 Å². The van der Waals surface area contributed by atoms with E-state index in [1.54, 1.807) is 12.4 Å². The molecular weight excluding hydrogens is 260 g/mol. The zero-order valence-electron chi connectivity index (χ0n) is 12.3. The highest BCUT2D eigenvalue weighted by Crippen LogP contribution is 2.26. The Kier molecular flexibility index (Phi) is 3.77. The fourth-order valence-electron chi connectivity index (χ4n) is 2.42. The van der Waals surface area contributed by atoms with Gasteiger partial charge >= 0.3 is 0 Å². The van der Waals surface area contributed by atoms with Gasteiger partial charge in [0, 0.05) is 36.9 Å². The topological polar surface area (TPSA) is 41.9 Å². The quantitative estimate of drug-likeness (QED) is 0.732. The molecule has 3 rings (SSSR count). The number of nitrogens with zero attached hydrogens (tertiary/aromatic N) is 4. The van der Waals surface area contributed by atoms with Crippen molar-refractivity contribution in [3.63, 3.8) is 0 Å². The first-order valence-electron chi connectivity index (χ1n) is 7.18. The van der Waals surface area contributed by atoms with Gasteiger partial charge in [0.1, 0.15) is 5.82 Å². The maximum absolute atomic E-state index is 4.78. The van der Waals surface area contributed by atoms with E-state index in [1.807, 2.05) is 30.3 Å². The summed E-state index contributed by atoms with van der Waals surface area (Å²) < 4.78 is 0. The van der Waals surface area contributed by atoms with Crippen LogP contribution in [0.5, 0.6) is 0 Å². The Balaban J connectivity index is 2.19. The fraction of sp³-hybridized carbons (Fsp3) is 0.235. The summed E-state index contributed by atoms with van der Waals surface area (Å²) in [6.45, 7) is 3.14. The Morgan fingerprint density at radius 3 is 2.52 bits per heavy atom. The summed E-state index contributed by atoms with van der Waals surface area (Å²) in [5, 5.41) is 1.09. The maximum atomic E-state index is 4.78. The molecule has 4 heteroatoms. The molecule has 2 aromatic heterocycles. The Hall–Kier alpha value is -2.49. The molecule has 0 saturated heterocycles. The van der Waals surface area contributed by atoms with Gasteiger partial charge in [0.15, 0.2) is 5.82 Å². The highest BCUT2D eigenvalue weighted by atomic mass is 15.2. The van der Waals surface area contributed by atoms with Crippen LogP contribution in [-0.2, 0) is 0 Å². The van der Waals surface area contributed by atoms with Crippen molar-refractivity contribution in [2.75, 3.05) is 18.5 Å². The summed E-state index contributed by atoms with van der Waals surface area (Å²) in [6, 6.07) is 12.0. The monoisotopic (exact) mass is 278 g/mol. The normalized spacial score (nSPS) is 10.8. The van der Waals surface area contributed by atoms with Crippen LogP contribution in [0, 0.1) is 0 Å². The molecule has 0 aliphatic carbocycles. The van der Waals surface area contributed by atoms with E-state index >= 15 is 0 Å². The van der Waals surface area contributed by atoms with Crippen LogP contribution in [0.1, 0.15) is 13.3 Å². The predicted molar refractivity (Wildman–Crippen MR) is 86.3 cm³/mol. The van der Waals surface area contributed by atoms with Crippen LogP contribution in [0.2, 0.25) is 0 Å². The number of rotatable bonds is 4. The van der Waals surface area contributed by atoms with Crippen molar-refractivity contribution in [1.82, 2.24) is 15.0 Å². The maximum Gasteiger partial charge on any atom is 0.162 e. The molecule has 2 heterocycles. The van der Waals surface area contributed by atoms with Gasteiger partial charge in [0.25, 0.3) is 0 Å². The highest BCUT2D eigenvalue weighted by molar-refractivity contribution is 5.90. The summed E-state index contributed by atoms with van der Waals surface area (Å²) in [5.74, 6) is 1.73. The summed E-state index contributed by atoms with van der Waals surface area (Å²) in [4.78, 5) is 15.7. The molecule has 0 bridgehead atoms. The highest BCUT2D eigenvalue weighted by Gasteiger charge is 2.11. The number of para-hydroxylation sites is 1. The number of fused-ring (bicyclic) bond motifs is 1. The van der Waals surface area contributed by atoms with Crippen LogP contribution >= 0.6 is 0 Å². The Morgan fingerprint density at radius 2 is 1.76 bits per heavy atom. The van der Waals surface area contributed by atoms with E-state index in [2.05, 4.69) is 34.9 Å². The van der Waals surface area contributed by atoms with Gasteiger partial charge in [-0.15, -0.1) is 0 Å². The smallest absolute Gasteiger partial charge is 0.162 e. The number of pyridine rings is 1. The summed E-state index contributed by atoms with van der Waals surface area (Å²) in [7, 11) is 2.08. The minimum Gasteiger partial charge on any atom is -0.359 e. The van der Waals surface area contributed by atoms with Gasteiger partial charge in [-0.25, -0.2) is 9.97 Å². The molecule has 0 amide bonds. The van der Waals surface area contributed by atoms with Gasteiger partial charge in [-0.05, 0) is 30.7 Å². The molecule has 3 aromatic rings. The summed E-state index contributed by atoms with van der Waals surface area (Å²) in [5.41, 5.74) is 1.96. The van der Waals surface area contributed by atoms with E-state index < -0.39 is 0 Å². The molecule has 0 aliphatic heterocycles. The van der Waals surface area contributed by atoms with Crippen molar-refractivity contribution in [2.45, 2.75) is 13.3 Å². The zero-order valence-corrected chi connectivity index (χ0v) is 12.3. The molecule has 21 heavy (non-hydrogen) atoms. The van der Waals surface area contributed by atoms with Crippen LogP contribution in [0.25, 0.3) is 22.3 Å². The van der Waals surface area contributed by atoms with Gasteiger partial charge in [-0.2, -0.15) is 0 Å². The molecule has 0 aliphatic rings. The second-order valence-electron chi connectivity index (χ2n) is 5.05. The fourth-order valence-corrected chi connectivity index (χ4v) is 2.42. The minimum atomic E-state index is 0.744.